The van der Waals surface area contributed by atoms with Gasteiger partial charge in [-0.3, -0.25) is 13.8 Å². The van der Waals surface area contributed by atoms with Gasteiger partial charge in [-0.1, -0.05) is 17.7 Å². The highest BCUT2D eigenvalue weighted by Crippen LogP contribution is 2.18. The van der Waals surface area contributed by atoms with Crippen LogP contribution in [0.25, 0.3) is 0 Å². The summed E-state index contributed by atoms with van der Waals surface area (Å²) >= 11 is 6.98. The van der Waals surface area contributed by atoms with Crippen molar-refractivity contribution in [1.82, 2.24) is 0 Å². The molecule has 1 rings (SSSR count). The average molecular weight is 320 g/mol. The van der Waals surface area contributed by atoms with Crippen molar-refractivity contribution < 1.29 is 22.2 Å². The zero-order valence-corrected chi connectivity index (χ0v) is 12.5. The summed E-state index contributed by atoms with van der Waals surface area (Å²) in [6, 6.07) is 5.90. The van der Waals surface area contributed by atoms with Crippen LogP contribution in [0, 0.1) is 6.92 Å². The number of carbonyl (C=O) groups is 2. The van der Waals surface area contributed by atoms with E-state index in [1.165, 1.54) is 12.1 Å². The Kier molecular flexibility index (Phi) is 5.60. The van der Waals surface area contributed by atoms with E-state index in [-0.39, 0.29) is 4.90 Å². The van der Waals surface area contributed by atoms with E-state index in [0.29, 0.717) is 0 Å². The molecule has 0 amide bonds. The molecule has 104 valence electrons. The smallest absolute Gasteiger partial charge is 0.287 e. The lowest BCUT2D eigenvalue weighted by molar-refractivity contribution is -0.121. The van der Waals surface area contributed by atoms with E-state index in [9.17, 15) is 18.0 Å². The summed E-state index contributed by atoms with van der Waals surface area (Å²) in [5.41, 5.74) is 0.881. The van der Waals surface area contributed by atoms with Gasteiger partial charge in [-0.25, -0.2) is 0 Å². The van der Waals surface area contributed by atoms with Gasteiger partial charge < -0.3 is 0 Å². The first-order valence-corrected chi connectivity index (χ1v) is 7.47. The number of hydrogen-bond donors (Lipinski definition) is 2. The van der Waals surface area contributed by atoms with Gasteiger partial charge in [-0.2, -0.15) is 8.42 Å². The molecule has 0 spiro atoms. The predicted octanol–water partition coefficient (Wildman–Crippen LogP) is 1.37. The molecule has 19 heavy (non-hydrogen) atoms. The van der Waals surface area contributed by atoms with Crippen LogP contribution >= 0.6 is 25.3 Å². The van der Waals surface area contributed by atoms with E-state index in [0.717, 1.165) is 5.56 Å². The van der Waals surface area contributed by atoms with Crippen LogP contribution in [0.4, 0.5) is 0 Å². The third-order valence-corrected chi connectivity index (χ3v) is 3.99. The monoisotopic (exact) mass is 320 g/mol. The van der Waals surface area contributed by atoms with Crippen molar-refractivity contribution in [3.63, 3.8) is 0 Å². The molecule has 1 unspecified atom stereocenters. The Bertz CT molecular complexity index is 577. The fourth-order valence-electron chi connectivity index (χ4n) is 1.23. The summed E-state index contributed by atoms with van der Waals surface area (Å²) < 4.78 is 28.5. The Hall–Kier alpha value is -0.830. The van der Waals surface area contributed by atoms with Crippen LogP contribution < -0.4 is 0 Å². The number of benzene rings is 1. The zero-order chi connectivity index (χ0) is 14.6. The molecule has 1 aromatic carbocycles. The molecule has 0 bridgehead atoms. The van der Waals surface area contributed by atoms with Crippen molar-refractivity contribution in [1.29, 1.82) is 0 Å². The molecule has 8 heteroatoms. The van der Waals surface area contributed by atoms with Crippen LogP contribution in [0.3, 0.4) is 0 Å². The zero-order valence-electron chi connectivity index (χ0n) is 9.94. The molecule has 0 saturated carbocycles. The average Bonchev–Trinajstić information content (AvgIpc) is 2.27. The summed E-state index contributed by atoms with van der Waals surface area (Å²) in [4.78, 5) is 21.9. The second kappa shape index (κ2) is 6.56. The normalized spacial score (nSPS) is 13.0. The van der Waals surface area contributed by atoms with Crippen molar-refractivity contribution in [3.8, 4) is 0 Å². The minimum Gasteiger partial charge on any atom is -0.287 e. The van der Waals surface area contributed by atoms with Gasteiger partial charge in [0.25, 0.3) is 10.1 Å². The standard InChI is InChI=1S/C11H12O5S3/c1-7-2-4-8(5-3-7)19(14,15)16-9(11(13)18)6-10(12)17/h2-5,9H,6H2,1H3,(H,12,17)(H,13,18). The van der Waals surface area contributed by atoms with E-state index in [2.05, 4.69) is 25.3 Å². The van der Waals surface area contributed by atoms with Crippen molar-refractivity contribution >= 4 is 45.6 Å². The van der Waals surface area contributed by atoms with E-state index < -0.39 is 32.9 Å². The largest absolute Gasteiger partial charge is 0.297 e. The Morgan fingerprint density at radius 3 is 2.16 bits per heavy atom. The van der Waals surface area contributed by atoms with Gasteiger partial charge in [0, 0.05) is 0 Å². The maximum atomic E-state index is 11.9. The summed E-state index contributed by atoms with van der Waals surface area (Å²) in [6.07, 6.45) is -1.93. The fourth-order valence-corrected chi connectivity index (χ4v) is 2.66. The minimum absolute atomic E-state index is 0.0932. The molecule has 5 nitrogen and oxygen atoms in total. The molecule has 0 aliphatic rings. The minimum atomic E-state index is -4.12. The topological polar surface area (TPSA) is 77.5 Å². The Morgan fingerprint density at radius 1 is 1.21 bits per heavy atom. The van der Waals surface area contributed by atoms with Gasteiger partial charge in [0.1, 0.15) is 0 Å². The quantitative estimate of drug-likeness (QED) is 0.611. The molecule has 0 N–H and O–H groups in total. The highest BCUT2D eigenvalue weighted by Gasteiger charge is 2.27. The van der Waals surface area contributed by atoms with Crippen molar-refractivity contribution in [2.45, 2.75) is 24.3 Å². The number of carbonyl (C=O) groups excluding carboxylic acids is 2. The molecule has 1 atom stereocenters. The lowest BCUT2D eigenvalue weighted by atomic mass is 10.2. The summed E-state index contributed by atoms with van der Waals surface area (Å²) in [7, 11) is -4.12. The maximum Gasteiger partial charge on any atom is 0.297 e. The molecule has 0 aromatic heterocycles. The highest BCUT2D eigenvalue weighted by atomic mass is 32.2. The SMILES string of the molecule is Cc1ccc(S(=O)(=O)OC(CC(=O)S)C(=O)S)cc1. The van der Waals surface area contributed by atoms with Gasteiger partial charge in [0.2, 0.25) is 5.12 Å². The number of hydrogen-bond acceptors (Lipinski definition) is 5. The first-order chi connectivity index (χ1) is 8.72. The Balaban J connectivity index is 2.97. The highest BCUT2D eigenvalue weighted by molar-refractivity contribution is 7.97. The molecular formula is C11H12O5S3. The lowest BCUT2D eigenvalue weighted by Gasteiger charge is -2.12. The van der Waals surface area contributed by atoms with Gasteiger partial charge in [0.05, 0.1) is 11.3 Å². The second-order valence-corrected chi connectivity index (χ2v) is 6.30. The van der Waals surface area contributed by atoms with Crippen molar-refractivity contribution in [2.24, 2.45) is 0 Å². The predicted molar refractivity (Wildman–Crippen MR) is 75.8 cm³/mol. The summed E-state index contributed by atoms with van der Waals surface area (Å²) in [6.45, 7) is 1.80. The van der Waals surface area contributed by atoms with Gasteiger partial charge in [-0.05, 0) is 19.1 Å². The summed E-state index contributed by atoms with van der Waals surface area (Å²) in [5, 5.41) is -1.51. The Labute approximate surface area is 122 Å². The Morgan fingerprint density at radius 2 is 1.74 bits per heavy atom. The van der Waals surface area contributed by atoms with Crippen molar-refractivity contribution in [3.05, 3.63) is 29.8 Å². The van der Waals surface area contributed by atoms with E-state index in [1.54, 1.807) is 19.1 Å². The van der Waals surface area contributed by atoms with Crippen LogP contribution in [0.5, 0.6) is 0 Å². The van der Waals surface area contributed by atoms with Gasteiger partial charge in [0.15, 0.2) is 11.2 Å². The maximum absolute atomic E-state index is 11.9. The first-order valence-electron chi connectivity index (χ1n) is 5.17. The number of thiol groups is 2. The molecular weight excluding hydrogens is 308 g/mol. The van der Waals surface area contributed by atoms with Crippen LogP contribution in [-0.2, 0) is 23.9 Å². The van der Waals surface area contributed by atoms with Crippen LogP contribution in [0.1, 0.15) is 12.0 Å². The molecule has 0 radical (unpaired) electrons. The molecule has 0 saturated heterocycles. The number of aryl methyl sites for hydroxylation is 1. The third kappa shape index (κ3) is 4.98. The number of rotatable bonds is 6. The van der Waals surface area contributed by atoms with E-state index >= 15 is 0 Å². The third-order valence-electron chi connectivity index (χ3n) is 2.19. The fraction of sp³-hybridized carbons (Fsp3) is 0.273. The van der Waals surface area contributed by atoms with Crippen LogP contribution in [-0.4, -0.2) is 24.8 Å². The second-order valence-electron chi connectivity index (χ2n) is 3.79. The van der Waals surface area contributed by atoms with Gasteiger partial charge in [-0.15, -0.1) is 25.3 Å². The van der Waals surface area contributed by atoms with Gasteiger partial charge >= 0.3 is 0 Å². The molecule has 0 aliphatic carbocycles. The molecule has 1 aromatic rings. The summed E-state index contributed by atoms with van der Waals surface area (Å²) in [5.74, 6) is 0. The van der Waals surface area contributed by atoms with E-state index in [4.69, 9.17) is 4.18 Å². The first kappa shape index (κ1) is 16.2. The van der Waals surface area contributed by atoms with Crippen LogP contribution in [0.2, 0.25) is 0 Å². The van der Waals surface area contributed by atoms with Crippen molar-refractivity contribution in [2.75, 3.05) is 0 Å². The molecule has 0 heterocycles. The molecule has 0 aliphatic heterocycles. The molecule has 0 fully saturated rings. The lowest BCUT2D eigenvalue weighted by Crippen LogP contribution is -2.26. The van der Waals surface area contributed by atoms with Crippen LogP contribution in [0.15, 0.2) is 29.2 Å². The van der Waals surface area contributed by atoms with E-state index in [1.807, 2.05) is 0 Å².